The molecule has 1 aromatic carbocycles. The maximum absolute atomic E-state index is 13.7. The molecule has 0 bridgehead atoms. The summed E-state index contributed by atoms with van der Waals surface area (Å²) in [5, 5.41) is 18.3. The van der Waals surface area contributed by atoms with Crippen LogP contribution in [-0.4, -0.2) is 66.5 Å². The second-order valence-electron chi connectivity index (χ2n) is 10.1. The van der Waals surface area contributed by atoms with Gasteiger partial charge in [0.25, 0.3) is 5.91 Å². The van der Waals surface area contributed by atoms with Crippen LogP contribution < -0.4 is 16.4 Å². The molecule has 15 heteroatoms. The van der Waals surface area contributed by atoms with Crippen LogP contribution in [0.25, 0.3) is 16.9 Å². The van der Waals surface area contributed by atoms with Crippen LogP contribution in [0.3, 0.4) is 0 Å². The molecule has 1 saturated heterocycles. The number of aryl methyl sites for hydroxylation is 1. The lowest BCUT2D eigenvalue weighted by molar-refractivity contribution is -0.141. The van der Waals surface area contributed by atoms with Crippen molar-refractivity contribution in [3.8, 4) is 17.3 Å². The van der Waals surface area contributed by atoms with E-state index in [1.54, 1.807) is 29.2 Å². The maximum Gasteiger partial charge on any atom is 0.435 e. The summed E-state index contributed by atoms with van der Waals surface area (Å²) in [6.45, 7) is 2.58. The van der Waals surface area contributed by atoms with E-state index in [2.05, 4.69) is 25.7 Å². The van der Waals surface area contributed by atoms with E-state index in [4.69, 9.17) is 11.0 Å². The second kappa shape index (κ2) is 12.1. The van der Waals surface area contributed by atoms with Crippen LogP contribution in [0.1, 0.15) is 41.4 Å². The molecule has 4 N–H and O–H groups in total. The number of fused-ring (bicyclic) bond motifs is 1. The fraction of sp³-hybridized carbons (Fsp3) is 0.357. The monoisotopic (exact) mass is 594 g/mol. The Labute approximate surface area is 244 Å². The summed E-state index contributed by atoms with van der Waals surface area (Å²) in [5.74, 6) is -0.256. The number of carbonyl (C=O) groups excluding carboxylic acids is 2. The lowest BCUT2D eigenvalue weighted by Gasteiger charge is -2.30. The Morgan fingerprint density at radius 1 is 1.21 bits per heavy atom. The van der Waals surface area contributed by atoms with E-state index in [0.29, 0.717) is 30.8 Å². The molecule has 5 rings (SSSR count). The van der Waals surface area contributed by atoms with Crippen LogP contribution in [0.2, 0.25) is 0 Å². The molecule has 1 fully saturated rings. The maximum atomic E-state index is 13.7. The normalized spacial score (nSPS) is 14.1. The molecule has 4 aromatic rings. The third-order valence-electron chi connectivity index (χ3n) is 7.25. The van der Waals surface area contributed by atoms with Crippen LogP contribution in [0, 0.1) is 11.3 Å². The molecule has 12 nitrogen and oxygen atoms in total. The highest BCUT2D eigenvalue weighted by atomic mass is 19.4. The quantitative estimate of drug-likeness (QED) is 0.281. The summed E-state index contributed by atoms with van der Waals surface area (Å²) in [6, 6.07) is 6.96. The zero-order valence-electron chi connectivity index (χ0n) is 23.2. The number of alkyl halides is 3. The SMILES string of the molecule is CCc1cc(Nc2nccn3c(-c4cn(CC#N)nc4C(F)(F)F)cnc23)ccc1C(=O)NCC(=O)N1CCC(N)CC1. The van der Waals surface area contributed by atoms with Gasteiger partial charge in [0, 0.05) is 49.0 Å². The zero-order chi connectivity index (χ0) is 30.7. The Hall–Kier alpha value is -4.97. The lowest BCUT2D eigenvalue weighted by Crippen LogP contribution is -2.46. The first-order valence-corrected chi connectivity index (χ1v) is 13.6. The van der Waals surface area contributed by atoms with Crippen molar-refractivity contribution >= 4 is 29.0 Å². The molecule has 0 aliphatic carbocycles. The predicted molar refractivity (Wildman–Crippen MR) is 150 cm³/mol. The summed E-state index contributed by atoms with van der Waals surface area (Å²) >= 11 is 0. The molecule has 2 amide bonds. The van der Waals surface area contributed by atoms with Crippen LogP contribution in [0.5, 0.6) is 0 Å². The average molecular weight is 595 g/mol. The Balaban J connectivity index is 1.35. The molecule has 0 saturated carbocycles. The number of aromatic nitrogens is 5. The van der Waals surface area contributed by atoms with Gasteiger partial charge < -0.3 is 21.3 Å². The van der Waals surface area contributed by atoms with Crippen molar-refractivity contribution in [1.82, 2.24) is 34.4 Å². The largest absolute Gasteiger partial charge is 0.435 e. The Morgan fingerprint density at radius 2 is 1.98 bits per heavy atom. The van der Waals surface area contributed by atoms with Gasteiger partial charge in [-0.15, -0.1) is 0 Å². The van der Waals surface area contributed by atoms with Crippen LogP contribution >= 0.6 is 0 Å². The van der Waals surface area contributed by atoms with Gasteiger partial charge in [0.1, 0.15) is 6.54 Å². The average Bonchev–Trinajstić information content (AvgIpc) is 3.61. The first-order chi connectivity index (χ1) is 20.6. The van der Waals surface area contributed by atoms with E-state index in [-0.39, 0.29) is 53.7 Å². The molecule has 0 unspecified atom stereocenters. The molecule has 4 heterocycles. The van der Waals surface area contributed by atoms with Gasteiger partial charge in [0.2, 0.25) is 5.91 Å². The molecule has 43 heavy (non-hydrogen) atoms. The summed E-state index contributed by atoms with van der Waals surface area (Å²) in [5.41, 5.74) is 6.65. The van der Waals surface area contributed by atoms with E-state index in [0.717, 1.165) is 29.3 Å². The molecule has 1 aliphatic heterocycles. The van der Waals surface area contributed by atoms with Crippen LogP contribution in [-0.2, 0) is 23.9 Å². The Bertz CT molecular complexity index is 1700. The number of nitrogens with one attached hydrogen (secondary N) is 2. The van der Waals surface area contributed by atoms with Crippen LogP contribution in [0.15, 0.2) is 43.0 Å². The first kappa shape index (κ1) is 29.5. The van der Waals surface area contributed by atoms with Gasteiger partial charge in [0.15, 0.2) is 17.2 Å². The van der Waals surface area contributed by atoms with Gasteiger partial charge in [-0.3, -0.25) is 18.7 Å². The molecular weight excluding hydrogens is 565 g/mol. The minimum absolute atomic E-state index is 0.0955. The van der Waals surface area contributed by atoms with Gasteiger partial charge in [0.05, 0.1) is 30.1 Å². The standard InChI is InChI=1S/C28H29F3N10O2/c1-2-17-13-19(3-4-20(17)27(43)36-15-23(42)39-9-5-18(33)6-10-39)37-25-26-35-14-22(41(26)12-8-34-25)21-16-40(11-7-32)38-24(21)28(29,30)31/h3-4,8,12-14,16,18H,2,5-6,9-11,15,33H2,1H3,(H,34,37)(H,36,43). The van der Waals surface area contributed by atoms with Gasteiger partial charge in [-0.2, -0.15) is 23.5 Å². The number of benzene rings is 1. The van der Waals surface area contributed by atoms with Crippen molar-refractivity contribution in [3.05, 3.63) is 59.8 Å². The highest BCUT2D eigenvalue weighted by molar-refractivity contribution is 5.98. The van der Waals surface area contributed by atoms with E-state index in [9.17, 15) is 22.8 Å². The first-order valence-electron chi connectivity index (χ1n) is 13.6. The number of amides is 2. The van der Waals surface area contributed by atoms with Crippen molar-refractivity contribution in [3.63, 3.8) is 0 Å². The van der Waals surface area contributed by atoms with Gasteiger partial charge in [-0.25, -0.2) is 9.97 Å². The van der Waals surface area contributed by atoms with E-state index in [1.165, 1.54) is 23.0 Å². The lowest BCUT2D eigenvalue weighted by atomic mass is 10.0. The van der Waals surface area contributed by atoms with Crippen molar-refractivity contribution in [2.75, 3.05) is 25.0 Å². The number of imidazole rings is 1. The summed E-state index contributed by atoms with van der Waals surface area (Å²) < 4.78 is 43.6. The Kier molecular flexibility index (Phi) is 8.31. The highest BCUT2D eigenvalue weighted by Gasteiger charge is 2.38. The summed E-state index contributed by atoms with van der Waals surface area (Å²) in [4.78, 5) is 35.8. The molecule has 0 radical (unpaired) electrons. The van der Waals surface area contributed by atoms with Crippen molar-refractivity contribution in [2.24, 2.45) is 5.73 Å². The number of nitrogens with zero attached hydrogens (tertiary/aromatic N) is 7. The smallest absolute Gasteiger partial charge is 0.343 e. The molecule has 0 spiro atoms. The van der Waals surface area contributed by atoms with E-state index in [1.807, 2.05) is 6.92 Å². The second-order valence-corrected chi connectivity index (χ2v) is 10.1. The molecule has 0 atom stereocenters. The van der Waals surface area contributed by atoms with Crippen molar-refractivity contribution in [2.45, 2.75) is 44.9 Å². The number of hydrogen-bond acceptors (Lipinski definition) is 8. The fourth-order valence-corrected chi connectivity index (χ4v) is 5.01. The topological polar surface area (TPSA) is 159 Å². The van der Waals surface area contributed by atoms with E-state index < -0.39 is 11.9 Å². The minimum atomic E-state index is -4.74. The van der Waals surface area contributed by atoms with Crippen LogP contribution in [0.4, 0.5) is 24.7 Å². The summed E-state index contributed by atoms with van der Waals surface area (Å²) in [7, 11) is 0. The molecule has 3 aromatic heterocycles. The number of likely N-dealkylation sites (tertiary alicyclic amines) is 1. The third kappa shape index (κ3) is 6.28. The van der Waals surface area contributed by atoms with Crippen molar-refractivity contribution < 1.29 is 22.8 Å². The molecular formula is C28H29F3N10O2. The number of anilines is 2. The predicted octanol–water partition coefficient (Wildman–Crippen LogP) is 3.12. The van der Waals surface area contributed by atoms with E-state index >= 15 is 0 Å². The van der Waals surface area contributed by atoms with Gasteiger partial charge in [-0.1, -0.05) is 6.92 Å². The summed E-state index contributed by atoms with van der Waals surface area (Å²) in [6.07, 6.45) is 2.60. The van der Waals surface area contributed by atoms with Gasteiger partial charge >= 0.3 is 6.18 Å². The number of nitriles is 1. The Morgan fingerprint density at radius 3 is 2.67 bits per heavy atom. The highest BCUT2D eigenvalue weighted by Crippen LogP contribution is 2.37. The third-order valence-corrected chi connectivity index (χ3v) is 7.25. The molecule has 1 aliphatic rings. The van der Waals surface area contributed by atoms with Crippen molar-refractivity contribution in [1.29, 1.82) is 5.26 Å². The fourth-order valence-electron chi connectivity index (χ4n) is 5.01. The number of halogens is 3. The zero-order valence-corrected chi connectivity index (χ0v) is 23.2. The number of piperidine rings is 1. The number of rotatable bonds is 8. The molecule has 224 valence electrons. The minimum Gasteiger partial charge on any atom is -0.343 e. The van der Waals surface area contributed by atoms with Gasteiger partial charge in [-0.05, 0) is 43.0 Å². The number of nitrogens with two attached hydrogens (primary N) is 1. The number of hydrogen-bond donors (Lipinski definition) is 3. The number of carbonyl (C=O) groups is 2.